The minimum absolute atomic E-state index is 0.0401. The van der Waals surface area contributed by atoms with Gasteiger partial charge in [0, 0.05) is 29.5 Å². The van der Waals surface area contributed by atoms with Crippen molar-refractivity contribution in [2.45, 2.75) is 13.5 Å². The summed E-state index contributed by atoms with van der Waals surface area (Å²) in [4.78, 5) is 26.8. The highest BCUT2D eigenvalue weighted by Crippen LogP contribution is 2.45. The van der Waals surface area contributed by atoms with Crippen LogP contribution in [0, 0.1) is 0 Å². The van der Waals surface area contributed by atoms with E-state index in [0.717, 1.165) is 27.2 Å². The zero-order valence-corrected chi connectivity index (χ0v) is 21.4. The van der Waals surface area contributed by atoms with E-state index in [0.29, 0.717) is 29.3 Å². The standard InChI is InChI=1S/C32H22N2O6/c1-2-33-24-13-11-18-7-3-5-9-20(18)31(24)39-26(33)15-22-29(37)23(30(22)38)16-27-34(17-28(35)36)25-14-12-19-8-4-6-10-21(19)32(25)40-27/h3-16H,2,17H2,1H3,(H-,35,36,37,38)/p+1. The Kier molecular flexibility index (Phi) is 5.25. The van der Waals surface area contributed by atoms with Gasteiger partial charge in [0.25, 0.3) is 5.52 Å². The zero-order chi connectivity index (χ0) is 27.5. The molecule has 2 heterocycles. The maximum absolute atomic E-state index is 13.2. The molecule has 196 valence electrons. The molecule has 0 fully saturated rings. The molecule has 0 saturated heterocycles. The Bertz CT molecular complexity index is 2010. The van der Waals surface area contributed by atoms with Crippen LogP contribution in [0.2, 0.25) is 0 Å². The Morgan fingerprint density at radius 3 is 2.38 bits per heavy atom. The number of fused-ring (bicyclic) bond motifs is 6. The van der Waals surface area contributed by atoms with Gasteiger partial charge in [0.1, 0.15) is 5.76 Å². The number of allylic oxidation sites excluding steroid dienone is 3. The summed E-state index contributed by atoms with van der Waals surface area (Å²) in [6, 6.07) is 23.2. The zero-order valence-electron chi connectivity index (χ0n) is 21.4. The number of carboxylic acids is 1. The summed E-state index contributed by atoms with van der Waals surface area (Å²) in [6.45, 7) is 2.21. The predicted octanol–water partition coefficient (Wildman–Crippen LogP) is 5.65. The van der Waals surface area contributed by atoms with Gasteiger partial charge in [-0.2, -0.15) is 0 Å². The Morgan fingerprint density at radius 2 is 1.65 bits per heavy atom. The van der Waals surface area contributed by atoms with Gasteiger partial charge in [-0.1, -0.05) is 54.6 Å². The smallest absolute Gasteiger partial charge is 0.375 e. The molecule has 0 amide bonds. The first-order valence-electron chi connectivity index (χ1n) is 12.9. The van der Waals surface area contributed by atoms with Gasteiger partial charge in [-0.15, -0.1) is 4.57 Å². The number of aliphatic hydroxyl groups excluding tert-OH is 1. The number of Topliss-reactive ketones (excluding diaryl/α,β-unsaturated/α-hetero) is 1. The van der Waals surface area contributed by atoms with Crippen molar-refractivity contribution in [1.82, 2.24) is 0 Å². The Hall–Kier alpha value is -5.37. The number of aromatic nitrogens is 1. The van der Waals surface area contributed by atoms with E-state index in [1.54, 1.807) is 12.1 Å². The third kappa shape index (κ3) is 3.50. The van der Waals surface area contributed by atoms with Crippen LogP contribution in [0.25, 0.3) is 38.7 Å². The fourth-order valence-corrected chi connectivity index (χ4v) is 5.46. The maximum atomic E-state index is 13.2. The van der Waals surface area contributed by atoms with Gasteiger partial charge in [-0.05, 0) is 29.8 Å². The van der Waals surface area contributed by atoms with Crippen LogP contribution in [0.5, 0.6) is 5.75 Å². The van der Waals surface area contributed by atoms with E-state index >= 15 is 0 Å². The average Bonchev–Trinajstić information content (AvgIpc) is 3.51. The van der Waals surface area contributed by atoms with Crippen molar-refractivity contribution < 1.29 is 33.5 Å². The maximum Gasteiger partial charge on any atom is 0.375 e. The van der Waals surface area contributed by atoms with Gasteiger partial charge < -0.3 is 24.3 Å². The van der Waals surface area contributed by atoms with E-state index in [9.17, 15) is 19.8 Å². The van der Waals surface area contributed by atoms with Crippen molar-refractivity contribution in [2.24, 2.45) is 0 Å². The molecule has 8 heteroatoms. The summed E-state index contributed by atoms with van der Waals surface area (Å²) in [5, 5.41) is 24.2. The van der Waals surface area contributed by atoms with Gasteiger partial charge in [0.05, 0.1) is 22.9 Å². The van der Waals surface area contributed by atoms with Crippen LogP contribution >= 0.6 is 0 Å². The number of hydrogen-bond acceptors (Lipinski definition) is 6. The number of ether oxygens (including phenoxy) is 1. The monoisotopic (exact) mass is 531 g/mol. The summed E-state index contributed by atoms with van der Waals surface area (Å²) >= 11 is 0. The summed E-state index contributed by atoms with van der Waals surface area (Å²) in [7, 11) is 0. The largest absolute Gasteiger partial charge is 0.506 e. The molecular weight excluding hydrogens is 508 g/mol. The first-order valence-corrected chi connectivity index (χ1v) is 12.9. The number of carbonyl (C=O) groups is 2. The highest BCUT2D eigenvalue weighted by molar-refractivity contribution is 6.23. The van der Waals surface area contributed by atoms with Crippen LogP contribution in [0.4, 0.5) is 5.69 Å². The quantitative estimate of drug-likeness (QED) is 0.223. The second-order valence-electron chi connectivity index (χ2n) is 9.67. The number of ketones is 1. The molecule has 1 aliphatic carbocycles. The van der Waals surface area contributed by atoms with Crippen molar-refractivity contribution in [2.75, 3.05) is 11.4 Å². The number of aliphatic carboxylic acids is 1. The van der Waals surface area contributed by atoms with Crippen LogP contribution in [0.3, 0.4) is 0 Å². The number of rotatable bonds is 5. The molecule has 1 aromatic heterocycles. The molecule has 0 bridgehead atoms. The van der Waals surface area contributed by atoms with E-state index in [1.807, 2.05) is 78.6 Å². The molecule has 0 atom stereocenters. The summed E-state index contributed by atoms with van der Waals surface area (Å²) in [5.41, 5.74) is 2.13. The van der Waals surface area contributed by atoms with Crippen molar-refractivity contribution >= 4 is 56.2 Å². The third-order valence-electron chi connectivity index (χ3n) is 7.39. The minimum Gasteiger partial charge on any atom is -0.506 e. The molecule has 8 nitrogen and oxygen atoms in total. The molecule has 0 saturated carbocycles. The van der Waals surface area contributed by atoms with E-state index < -0.39 is 11.8 Å². The lowest BCUT2D eigenvalue weighted by molar-refractivity contribution is -0.666. The Morgan fingerprint density at radius 1 is 0.950 bits per heavy atom. The van der Waals surface area contributed by atoms with Gasteiger partial charge in [-0.25, -0.2) is 4.79 Å². The second-order valence-corrected chi connectivity index (χ2v) is 9.67. The number of nitrogens with zero attached hydrogens (tertiary/aromatic N) is 2. The Labute approximate surface area is 227 Å². The van der Waals surface area contributed by atoms with Crippen LogP contribution in [0.1, 0.15) is 12.8 Å². The van der Waals surface area contributed by atoms with Gasteiger partial charge >= 0.3 is 11.9 Å². The van der Waals surface area contributed by atoms with Crippen LogP contribution < -0.4 is 14.2 Å². The molecule has 4 aromatic carbocycles. The molecule has 0 spiro atoms. The van der Waals surface area contributed by atoms with E-state index in [1.165, 1.54) is 10.6 Å². The molecule has 2 N–H and O–H groups in total. The summed E-state index contributed by atoms with van der Waals surface area (Å²) in [5.74, 6) is -0.350. The lowest BCUT2D eigenvalue weighted by Gasteiger charge is -2.20. The second kappa shape index (κ2) is 8.84. The van der Waals surface area contributed by atoms with E-state index in [4.69, 9.17) is 9.15 Å². The number of anilines is 1. The topological polar surface area (TPSA) is 104 Å². The van der Waals surface area contributed by atoms with E-state index in [-0.39, 0.29) is 29.3 Å². The minimum atomic E-state index is -1.06. The summed E-state index contributed by atoms with van der Waals surface area (Å²) < 4.78 is 13.8. The highest BCUT2D eigenvalue weighted by Gasteiger charge is 2.37. The molecule has 40 heavy (non-hydrogen) atoms. The SMILES string of the molecule is CCN1/C(=C/C2=C(O)C(=C/c3oc4c5ccccc5ccc4[n+]3CC(=O)O)/C2=O)Oc2c1ccc1ccccc21. The molecule has 7 rings (SSSR count). The highest BCUT2D eigenvalue weighted by atomic mass is 16.5. The molecule has 5 aromatic rings. The molecule has 1 aliphatic heterocycles. The number of oxazole rings is 1. The number of aliphatic hydroxyl groups is 1. The molecular formula is C32H23N2O6+. The van der Waals surface area contributed by atoms with Crippen LogP contribution in [-0.2, 0) is 16.1 Å². The van der Waals surface area contributed by atoms with Crippen molar-refractivity contribution in [3.63, 3.8) is 0 Å². The lowest BCUT2D eigenvalue weighted by atomic mass is 9.87. The van der Waals surface area contributed by atoms with Gasteiger partial charge in [0.15, 0.2) is 5.75 Å². The predicted molar refractivity (Wildman–Crippen MR) is 150 cm³/mol. The first kappa shape index (κ1) is 23.7. The number of carboxylic acid groups (broad SMARTS) is 1. The first-order chi connectivity index (χ1) is 19.4. The van der Waals surface area contributed by atoms with Crippen LogP contribution in [0.15, 0.2) is 106 Å². The summed E-state index contributed by atoms with van der Waals surface area (Å²) in [6.07, 6.45) is 2.94. The number of benzene rings is 4. The van der Waals surface area contributed by atoms with E-state index in [2.05, 4.69) is 0 Å². The fourth-order valence-electron chi connectivity index (χ4n) is 5.46. The van der Waals surface area contributed by atoms with Gasteiger partial charge in [0.2, 0.25) is 23.8 Å². The normalized spacial score (nSPS) is 16.8. The third-order valence-corrected chi connectivity index (χ3v) is 7.39. The van der Waals surface area contributed by atoms with Crippen molar-refractivity contribution in [3.8, 4) is 5.75 Å². The Balaban J connectivity index is 1.30. The fraction of sp³-hybridized carbons (Fsp3) is 0.0938. The molecule has 0 unspecified atom stereocenters. The van der Waals surface area contributed by atoms with Gasteiger partial charge in [-0.3, -0.25) is 4.79 Å². The molecule has 2 aliphatic rings. The van der Waals surface area contributed by atoms with Crippen molar-refractivity contribution in [3.05, 3.63) is 108 Å². The number of hydrogen-bond donors (Lipinski definition) is 2. The van der Waals surface area contributed by atoms with Crippen LogP contribution in [-0.4, -0.2) is 28.5 Å². The average molecular weight is 532 g/mol. The lowest BCUT2D eigenvalue weighted by Crippen LogP contribution is -2.39. The number of carbonyl (C=O) groups excluding carboxylic acids is 1. The van der Waals surface area contributed by atoms with Crippen molar-refractivity contribution in [1.29, 1.82) is 0 Å². The molecule has 0 radical (unpaired) electrons.